The van der Waals surface area contributed by atoms with Gasteiger partial charge in [0.05, 0.1) is 35.0 Å². The summed E-state index contributed by atoms with van der Waals surface area (Å²) in [6.45, 7) is 0.240. The molecule has 2 aliphatic rings. The molecular weight excluding hydrogens is 501 g/mol. The minimum Gasteiger partial charge on any atom is -0.493 e. The largest absolute Gasteiger partial charge is 0.493 e. The molecule has 0 unspecified atom stereocenters. The highest BCUT2D eigenvalue weighted by molar-refractivity contribution is 5.76. The second kappa shape index (κ2) is 11.7. The number of alkyl halides is 3. The highest BCUT2D eigenvalue weighted by atomic mass is 19.4. The number of carbonyl (C=O) groups is 1. The van der Waals surface area contributed by atoms with Crippen molar-refractivity contribution in [2.45, 2.75) is 37.8 Å². The molecule has 38 heavy (non-hydrogen) atoms. The Kier molecular flexibility index (Phi) is 8.60. The molecule has 10 heteroatoms. The smallest absolute Gasteiger partial charge is 0.401 e. The first kappa shape index (κ1) is 27.9. The molecule has 1 amide bonds. The van der Waals surface area contributed by atoms with Gasteiger partial charge in [0, 0.05) is 38.5 Å². The molecule has 208 valence electrons. The van der Waals surface area contributed by atoms with Crippen LogP contribution >= 0.6 is 0 Å². The lowest BCUT2D eigenvalue weighted by atomic mass is 9.77. The fourth-order valence-electron chi connectivity index (χ4n) is 5.41. The number of amides is 1. The average molecular weight is 537 g/mol. The first-order chi connectivity index (χ1) is 18.1. The average Bonchev–Trinajstić information content (AvgIpc) is 3.10. The summed E-state index contributed by atoms with van der Waals surface area (Å²) >= 11 is 0. The van der Waals surface area contributed by atoms with Gasteiger partial charge >= 0.3 is 6.18 Å². The lowest BCUT2D eigenvalue weighted by molar-refractivity contribution is -0.149. The predicted octanol–water partition coefficient (Wildman–Crippen LogP) is 4.24. The van der Waals surface area contributed by atoms with Crippen molar-refractivity contribution in [1.29, 1.82) is 0 Å². The Morgan fingerprint density at radius 1 is 0.868 bits per heavy atom. The van der Waals surface area contributed by atoms with Crippen LogP contribution in [0.4, 0.5) is 13.2 Å². The maximum absolute atomic E-state index is 13.4. The van der Waals surface area contributed by atoms with E-state index >= 15 is 0 Å². The zero-order chi connectivity index (χ0) is 27.4. The summed E-state index contributed by atoms with van der Waals surface area (Å²) in [6.07, 6.45) is -2.36. The molecule has 1 heterocycles. The lowest BCUT2D eigenvalue weighted by Gasteiger charge is -2.36. The predicted molar refractivity (Wildman–Crippen MR) is 137 cm³/mol. The Balaban J connectivity index is 1.38. The fraction of sp³-hybridized carbons (Fsp3) is 0.536. The number of hydrogen-bond donors (Lipinski definition) is 0. The fourth-order valence-corrected chi connectivity index (χ4v) is 5.41. The second-order valence-corrected chi connectivity index (χ2v) is 9.76. The van der Waals surface area contributed by atoms with Crippen LogP contribution in [0, 0.1) is 0 Å². The normalized spacial score (nSPS) is 16.7. The van der Waals surface area contributed by atoms with Crippen LogP contribution in [0.1, 0.15) is 34.6 Å². The molecule has 0 spiro atoms. The van der Waals surface area contributed by atoms with Crippen LogP contribution in [0.2, 0.25) is 0 Å². The summed E-state index contributed by atoms with van der Waals surface area (Å²) in [4.78, 5) is 16.2. The molecule has 1 aliphatic carbocycles. The topological polar surface area (TPSA) is 60.5 Å². The number of nitrogens with zero attached hydrogens (tertiary/aromatic N) is 2. The number of ether oxygens (including phenoxy) is 4. The Labute approximate surface area is 221 Å². The first-order valence-corrected chi connectivity index (χ1v) is 12.7. The minimum atomic E-state index is -4.35. The Hall–Kier alpha value is -3.14. The standard InChI is InChI=1S/C28H35F3N2O5/c1-35-23-12-18-5-9-33(10-6-19(18)13-24(23)36-2)27(34)7-8-32(17-28(29,30)31)16-21-11-20-14-25(37-3)26(38-4)15-22(20)21/h12-15,21H,5-11,16-17H2,1-4H3/t21-/m1/s1. The van der Waals surface area contributed by atoms with Crippen LogP contribution in [0.5, 0.6) is 23.0 Å². The second-order valence-electron chi connectivity index (χ2n) is 9.76. The number of halogens is 3. The number of benzene rings is 2. The van der Waals surface area contributed by atoms with Crippen molar-refractivity contribution in [2.24, 2.45) is 0 Å². The van der Waals surface area contributed by atoms with Crippen molar-refractivity contribution in [2.75, 3.05) is 61.2 Å². The van der Waals surface area contributed by atoms with Gasteiger partial charge in [-0.1, -0.05) is 0 Å². The van der Waals surface area contributed by atoms with Crippen molar-refractivity contribution in [3.63, 3.8) is 0 Å². The van der Waals surface area contributed by atoms with Crippen molar-refractivity contribution in [1.82, 2.24) is 9.80 Å². The summed E-state index contributed by atoms with van der Waals surface area (Å²) in [5.74, 6) is 2.26. The van der Waals surface area contributed by atoms with Gasteiger partial charge in [-0.15, -0.1) is 0 Å². The van der Waals surface area contributed by atoms with Crippen LogP contribution in [-0.4, -0.2) is 83.0 Å². The number of carbonyl (C=O) groups excluding carboxylic acids is 1. The minimum absolute atomic E-state index is 0.0323. The van der Waals surface area contributed by atoms with E-state index < -0.39 is 12.7 Å². The van der Waals surface area contributed by atoms with E-state index in [4.69, 9.17) is 18.9 Å². The maximum atomic E-state index is 13.4. The summed E-state index contributed by atoms with van der Waals surface area (Å²) in [5.41, 5.74) is 4.20. The molecular formula is C28H35F3N2O5. The third kappa shape index (κ3) is 6.28. The van der Waals surface area contributed by atoms with E-state index in [1.165, 1.54) is 12.0 Å². The van der Waals surface area contributed by atoms with Crippen molar-refractivity contribution < 1.29 is 36.9 Å². The molecule has 0 radical (unpaired) electrons. The van der Waals surface area contributed by atoms with E-state index in [1.54, 1.807) is 26.2 Å². The summed E-state index contributed by atoms with van der Waals surface area (Å²) in [7, 11) is 6.26. The lowest BCUT2D eigenvalue weighted by Crippen LogP contribution is -2.42. The Morgan fingerprint density at radius 2 is 1.37 bits per heavy atom. The van der Waals surface area contributed by atoms with Gasteiger partial charge in [-0.25, -0.2) is 0 Å². The van der Waals surface area contributed by atoms with E-state index in [9.17, 15) is 18.0 Å². The van der Waals surface area contributed by atoms with E-state index in [0.717, 1.165) is 22.3 Å². The van der Waals surface area contributed by atoms with Crippen molar-refractivity contribution >= 4 is 5.91 Å². The molecule has 1 atom stereocenters. The number of rotatable bonds is 10. The monoisotopic (exact) mass is 536 g/mol. The van der Waals surface area contributed by atoms with Gasteiger partial charge in [0.15, 0.2) is 23.0 Å². The molecule has 2 aromatic rings. The zero-order valence-electron chi connectivity index (χ0n) is 22.3. The third-order valence-corrected chi connectivity index (χ3v) is 7.44. The quantitative estimate of drug-likeness (QED) is 0.453. The van der Waals surface area contributed by atoms with Gasteiger partial charge in [0.1, 0.15) is 0 Å². The molecule has 0 bridgehead atoms. The number of hydrogen-bond acceptors (Lipinski definition) is 6. The molecule has 0 saturated carbocycles. The number of fused-ring (bicyclic) bond motifs is 2. The summed E-state index contributed by atoms with van der Waals surface area (Å²) in [5, 5.41) is 0. The third-order valence-electron chi connectivity index (χ3n) is 7.44. The summed E-state index contributed by atoms with van der Waals surface area (Å²) in [6, 6.07) is 7.60. The molecule has 7 nitrogen and oxygen atoms in total. The van der Waals surface area contributed by atoms with Crippen LogP contribution in [0.15, 0.2) is 24.3 Å². The molecule has 0 N–H and O–H groups in total. The van der Waals surface area contributed by atoms with E-state index in [-0.39, 0.29) is 31.3 Å². The van der Waals surface area contributed by atoms with Gasteiger partial charge in [0.2, 0.25) is 5.91 Å². The van der Waals surface area contributed by atoms with Gasteiger partial charge in [-0.3, -0.25) is 9.69 Å². The van der Waals surface area contributed by atoms with Crippen LogP contribution in [-0.2, 0) is 24.1 Å². The van der Waals surface area contributed by atoms with Gasteiger partial charge in [-0.2, -0.15) is 13.2 Å². The maximum Gasteiger partial charge on any atom is 0.401 e. The number of methoxy groups -OCH3 is 4. The molecule has 0 fully saturated rings. The molecule has 4 rings (SSSR count). The van der Waals surface area contributed by atoms with Crippen LogP contribution in [0.3, 0.4) is 0 Å². The highest BCUT2D eigenvalue weighted by Crippen LogP contribution is 2.43. The van der Waals surface area contributed by atoms with Crippen LogP contribution < -0.4 is 18.9 Å². The van der Waals surface area contributed by atoms with E-state index in [2.05, 4.69) is 0 Å². The van der Waals surface area contributed by atoms with Crippen LogP contribution in [0.25, 0.3) is 0 Å². The summed E-state index contributed by atoms with van der Waals surface area (Å²) < 4.78 is 61.7. The Bertz CT molecular complexity index is 1120. The van der Waals surface area contributed by atoms with Crippen molar-refractivity contribution in [3.8, 4) is 23.0 Å². The Morgan fingerprint density at radius 3 is 1.87 bits per heavy atom. The SMILES string of the molecule is COc1cc2c(cc1OC)CCN(C(=O)CCN(C[C@H]1Cc3cc(OC)c(OC)cc31)CC(F)(F)F)CC2. The van der Waals surface area contributed by atoms with Gasteiger partial charge < -0.3 is 23.8 Å². The molecule has 1 aliphatic heterocycles. The van der Waals surface area contributed by atoms with E-state index in [1.807, 2.05) is 24.3 Å². The highest BCUT2D eigenvalue weighted by Gasteiger charge is 2.35. The zero-order valence-corrected chi connectivity index (χ0v) is 22.3. The van der Waals surface area contributed by atoms with Crippen molar-refractivity contribution in [3.05, 3.63) is 46.5 Å². The molecule has 0 saturated heterocycles. The first-order valence-electron chi connectivity index (χ1n) is 12.7. The van der Waals surface area contributed by atoms with Gasteiger partial charge in [0.25, 0.3) is 0 Å². The van der Waals surface area contributed by atoms with Gasteiger partial charge in [-0.05, 0) is 65.8 Å². The molecule has 0 aromatic heterocycles. The van der Waals surface area contributed by atoms with E-state index in [0.29, 0.717) is 55.4 Å². The molecule has 2 aromatic carbocycles.